The minimum absolute atomic E-state index is 0.0302. The Morgan fingerprint density at radius 2 is 2.00 bits per heavy atom. The van der Waals surface area contributed by atoms with Crippen LogP contribution in [0.15, 0.2) is 18.3 Å². The average molecular weight is 369 g/mol. The van der Waals surface area contributed by atoms with Gasteiger partial charge in [0.05, 0.1) is 19.9 Å². The van der Waals surface area contributed by atoms with E-state index < -0.39 is 12.0 Å². The number of methoxy groups -OCH3 is 2. The number of halogens is 3. The Labute approximate surface area is 148 Å². The van der Waals surface area contributed by atoms with Gasteiger partial charge in [-0.2, -0.15) is 13.2 Å². The highest BCUT2D eigenvalue weighted by molar-refractivity contribution is 5.53. The largest absolute Gasteiger partial charge is 0.504 e. The van der Waals surface area contributed by atoms with Gasteiger partial charge in [-0.05, 0) is 17.7 Å². The van der Waals surface area contributed by atoms with Crippen LogP contribution in [0.5, 0.6) is 17.2 Å². The Bertz CT molecular complexity index is 812. The Hall–Kier alpha value is -2.55. The number of aromatic nitrogens is 2. The van der Waals surface area contributed by atoms with Crippen molar-refractivity contribution in [2.45, 2.75) is 25.7 Å². The normalized spacial score (nSPS) is 14.8. The zero-order valence-electron chi connectivity index (χ0n) is 14.3. The van der Waals surface area contributed by atoms with Crippen LogP contribution in [0.4, 0.5) is 13.2 Å². The van der Waals surface area contributed by atoms with Crippen molar-refractivity contribution in [2.75, 3.05) is 20.8 Å². The van der Waals surface area contributed by atoms with Crippen LogP contribution >= 0.6 is 0 Å². The summed E-state index contributed by atoms with van der Waals surface area (Å²) in [6.45, 7) is 1.48. The van der Waals surface area contributed by atoms with Gasteiger partial charge >= 0.3 is 6.18 Å². The monoisotopic (exact) mass is 369 g/mol. The van der Waals surface area contributed by atoms with Gasteiger partial charge in [0.2, 0.25) is 11.6 Å². The minimum Gasteiger partial charge on any atom is -0.504 e. The van der Waals surface area contributed by atoms with Gasteiger partial charge in [-0.3, -0.25) is 4.90 Å². The standard InChI is InChI=1S/C17H18F3N3O3/c1-25-14-6-10(5-13(24)15(14)26-2)8-23-4-3-12-11(9-23)7-21-16(22-12)17(18,19)20/h5-7,24H,3-4,8-9H2,1-2H3. The van der Waals surface area contributed by atoms with Crippen LogP contribution in [0.1, 0.15) is 22.6 Å². The van der Waals surface area contributed by atoms with Crippen molar-refractivity contribution >= 4 is 0 Å². The van der Waals surface area contributed by atoms with Crippen molar-refractivity contribution in [3.8, 4) is 17.2 Å². The highest BCUT2D eigenvalue weighted by Crippen LogP contribution is 2.38. The first-order chi connectivity index (χ1) is 12.3. The van der Waals surface area contributed by atoms with Gasteiger partial charge in [-0.25, -0.2) is 9.97 Å². The number of benzene rings is 1. The summed E-state index contributed by atoms with van der Waals surface area (Å²) < 4.78 is 48.5. The molecule has 1 N–H and O–H groups in total. The molecule has 6 nitrogen and oxygen atoms in total. The van der Waals surface area contributed by atoms with E-state index in [-0.39, 0.29) is 11.5 Å². The highest BCUT2D eigenvalue weighted by Gasteiger charge is 2.35. The maximum absolute atomic E-state index is 12.7. The second kappa shape index (κ2) is 6.99. The molecule has 0 unspecified atom stereocenters. The van der Waals surface area contributed by atoms with E-state index in [1.807, 2.05) is 4.90 Å². The second-order valence-corrected chi connectivity index (χ2v) is 5.97. The molecule has 0 fully saturated rings. The summed E-state index contributed by atoms with van der Waals surface area (Å²) in [5, 5.41) is 10.0. The van der Waals surface area contributed by atoms with E-state index in [4.69, 9.17) is 9.47 Å². The number of nitrogens with zero attached hydrogens (tertiary/aromatic N) is 3. The molecule has 0 atom stereocenters. The van der Waals surface area contributed by atoms with E-state index in [0.29, 0.717) is 43.1 Å². The van der Waals surface area contributed by atoms with Gasteiger partial charge < -0.3 is 14.6 Å². The fraction of sp³-hybridized carbons (Fsp3) is 0.412. The molecule has 0 radical (unpaired) electrons. The number of fused-ring (bicyclic) bond motifs is 1. The van der Waals surface area contributed by atoms with Crippen molar-refractivity contribution in [1.29, 1.82) is 0 Å². The molecular weight excluding hydrogens is 351 g/mol. The molecule has 0 aliphatic carbocycles. The smallest absolute Gasteiger partial charge is 0.451 e. The molecule has 140 valence electrons. The fourth-order valence-electron chi connectivity index (χ4n) is 3.00. The van der Waals surface area contributed by atoms with Crippen LogP contribution in [0.3, 0.4) is 0 Å². The number of hydrogen-bond donors (Lipinski definition) is 1. The molecule has 0 spiro atoms. The number of hydrogen-bond acceptors (Lipinski definition) is 6. The molecule has 1 aromatic carbocycles. The van der Waals surface area contributed by atoms with Crippen molar-refractivity contribution < 1.29 is 27.8 Å². The predicted molar refractivity (Wildman–Crippen MR) is 86.1 cm³/mol. The molecule has 1 aromatic heterocycles. The summed E-state index contributed by atoms with van der Waals surface area (Å²) in [5.41, 5.74) is 1.91. The van der Waals surface area contributed by atoms with Gasteiger partial charge in [-0.1, -0.05) is 0 Å². The first-order valence-electron chi connectivity index (χ1n) is 7.90. The quantitative estimate of drug-likeness (QED) is 0.894. The van der Waals surface area contributed by atoms with Crippen LogP contribution in [0.2, 0.25) is 0 Å². The van der Waals surface area contributed by atoms with Crippen molar-refractivity contribution in [3.63, 3.8) is 0 Å². The summed E-state index contributed by atoms with van der Waals surface area (Å²) in [4.78, 5) is 9.12. The van der Waals surface area contributed by atoms with Crippen LogP contribution in [0, 0.1) is 0 Å². The Kier molecular flexibility index (Phi) is 4.90. The van der Waals surface area contributed by atoms with Crippen LogP contribution < -0.4 is 9.47 Å². The number of alkyl halides is 3. The maximum Gasteiger partial charge on any atom is 0.451 e. The number of rotatable bonds is 4. The summed E-state index contributed by atoms with van der Waals surface area (Å²) in [5.74, 6) is -0.460. The van der Waals surface area contributed by atoms with Crippen LogP contribution in [0.25, 0.3) is 0 Å². The molecular formula is C17H18F3N3O3. The van der Waals surface area contributed by atoms with E-state index in [1.54, 1.807) is 12.1 Å². The molecule has 3 rings (SSSR count). The van der Waals surface area contributed by atoms with Gasteiger partial charge in [0.25, 0.3) is 0 Å². The van der Waals surface area contributed by atoms with Crippen molar-refractivity contribution in [3.05, 3.63) is 41.0 Å². The van der Waals surface area contributed by atoms with Crippen molar-refractivity contribution in [1.82, 2.24) is 14.9 Å². The van der Waals surface area contributed by atoms with E-state index in [0.717, 1.165) is 5.56 Å². The van der Waals surface area contributed by atoms with Gasteiger partial charge in [-0.15, -0.1) is 0 Å². The molecule has 2 aromatic rings. The third kappa shape index (κ3) is 3.67. The lowest BCUT2D eigenvalue weighted by Gasteiger charge is -2.28. The molecule has 26 heavy (non-hydrogen) atoms. The third-order valence-electron chi connectivity index (χ3n) is 4.19. The molecule has 0 amide bonds. The zero-order valence-corrected chi connectivity index (χ0v) is 14.3. The number of aromatic hydroxyl groups is 1. The first kappa shape index (κ1) is 18.2. The summed E-state index contributed by atoms with van der Waals surface area (Å²) in [6.07, 6.45) is -2.90. The molecule has 2 heterocycles. The summed E-state index contributed by atoms with van der Waals surface area (Å²) >= 11 is 0. The summed E-state index contributed by atoms with van der Waals surface area (Å²) in [7, 11) is 2.92. The van der Waals surface area contributed by atoms with E-state index in [9.17, 15) is 18.3 Å². The lowest BCUT2D eigenvalue weighted by molar-refractivity contribution is -0.145. The fourth-order valence-corrected chi connectivity index (χ4v) is 3.00. The Morgan fingerprint density at radius 3 is 2.65 bits per heavy atom. The van der Waals surface area contributed by atoms with Crippen LogP contribution in [-0.4, -0.2) is 40.7 Å². The minimum atomic E-state index is -4.54. The van der Waals surface area contributed by atoms with E-state index in [2.05, 4.69) is 9.97 Å². The average Bonchev–Trinajstić information content (AvgIpc) is 2.60. The van der Waals surface area contributed by atoms with E-state index in [1.165, 1.54) is 20.4 Å². The topological polar surface area (TPSA) is 67.7 Å². The van der Waals surface area contributed by atoms with Crippen molar-refractivity contribution in [2.24, 2.45) is 0 Å². The van der Waals surface area contributed by atoms with Gasteiger partial charge in [0, 0.05) is 37.8 Å². The highest BCUT2D eigenvalue weighted by atomic mass is 19.4. The third-order valence-corrected chi connectivity index (χ3v) is 4.19. The SMILES string of the molecule is COc1cc(CN2CCc3nc(C(F)(F)F)ncc3C2)cc(O)c1OC. The molecule has 0 bridgehead atoms. The maximum atomic E-state index is 12.7. The predicted octanol–water partition coefficient (Wildman–Crippen LogP) is 2.78. The second-order valence-electron chi connectivity index (χ2n) is 5.97. The Morgan fingerprint density at radius 1 is 1.23 bits per heavy atom. The molecule has 0 saturated carbocycles. The lowest BCUT2D eigenvalue weighted by Crippen LogP contribution is -2.31. The zero-order chi connectivity index (χ0) is 18.9. The molecule has 9 heteroatoms. The number of ether oxygens (including phenoxy) is 2. The van der Waals surface area contributed by atoms with Gasteiger partial charge in [0.1, 0.15) is 0 Å². The van der Waals surface area contributed by atoms with Gasteiger partial charge in [0.15, 0.2) is 11.5 Å². The Balaban J connectivity index is 1.77. The summed E-state index contributed by atoms with van der Waals surface area (Å²) in [6, 6.07) is 3.34. The van der Waals surface area contributed by atoms with Crippen LogP contribution in [-0.2, 0) is 25.7 Å². The first-order valence-corrected chi connectivity index (χ1v) is 7.90. The van der Waals surface area contributed by atoms with E-state index >= 15 is 0 Å². The lowest BCUT2D eigenvalue weighted by atomic mass is 10.1. The number of phenols is 1. The molecule has 1 aliphatic heterocycles. The number of phenolic OH excluding ortho intramolecular Hbond substituents is 1. The molecule has 1 aliphatic rings. The molecule has 0 saturated heterocycles.